The lowest BCUT2D eigenvalue weighted by molar-refractivity contribution is 1.71. The zero-order chi connectivity index (χ0) is 25.0. The van der Waals surface area contributed by atoms with Crippen LogP contribution >= 0.6 is 0 Å². The smallest absolute Gasteiger partial charge is 0.0303 e. The molecule has 0 aromatic carbocycles. The molecule has 0 spiro atoms. The highest BCUT2D eigenvalue weighted by Crippen LogP contribution is 2.61. The van der Waals surface area contributed by atoms with Crippen molar-refractivity contribution < 1.29 is 0 Å². The van der Waals surface area contributed by atoms with Crippen LogP contribution in [0.4, 0.5) is 0 Å². The first-order chi connectivity index (χ1) is 12.5. The summed E-state index contributed by atoms with van der Waals surface area (Å²) in [6.45, 7) is 60.0. The summed E-state index contributed by atoms with van der Waals surface area (Å²) in [7, 11) is -10.3. The van der Waals surface area contributed by atoms with Crippen LogP contribution in [0.15, 0.2) is 0 Å². The first kappa shape index (κ1) is 30.2. The maximum atomic E-state index is 3.10. The van der Waals surface area contributed by atoms with E-state index in [1.54, 1.807) is 0 Å². The van der Waals surface area contributed by atoms with Crippen molar-refractivity contribution in [3.8, 4) is 0 Å². The lowest BCUT2D eigenvalue weighted by atomic mass is 11.8. The van der Waals surface area contributed by atoms with Crippen molar-refractivity contribution in [3.63, 3.8) is 0 Å². The van der Waals surface area contributed by atoms with Crippen LogP contribution in [0.3, 0.4) is 0 Å². The van der Waals surface area contributed by atoms with Gasteiger partial charge in [-0.15, -0.1) is 0 Å². The van der Waals surface area contributed by atoms with Gasteiger partial charge in [0.05, 0.1) is 0 Å². The van der Waals surface area contributed by atoms with E-state index in [4.69, 9.17) is 0 Å². The number of rotatable bonds is 4. The van der Waals surface area contributed by atoms with Crippen LogP contribution in [-0.2, 0) is 0 Å². The standard InChI is InChI=1S/C20H60Si10/c1-21(2,3)29(22(4,5)6)27(17,18)25(13,14)26(15,16)28(19,20)30(29,23(7,8)9)24(10,11)12/h1-20H3. The predicted molar refractivity (Wildman–Crippen MR) is 175 cm³/mol. The van der Waals surface area contributed by atoms with Crippen molar-refractivity contribution in [1.82, 2.24) is 0 Å². The number of hydrogen-bond donors (Lipinski definition) is 0. The third-order valence-electron chi connectivity index (χ3n) is 11.6. The van der Waals surface area contributed by atoms with E-state index in [2.05, 4.69) is 131 Å². The van der Waals surface area contributed by atoms with Crippen LogP contribution in [0, 0.1) is 0 Å². The fraction of sp³-hybridized carbons (Fsp3) is 1.00. The van der Waals surface area contributed by atoms with Gasteiger partial charge in [-0.05, 0) is 0 Å². The molecule has 0 unspecified atom stereocenters. The maximum Gasteiger partial charge on any atom is 0.0303 e. The molecule has 0 aliphatic carbocycles. The Balaban J connectivity index is 4.82. The first-order valence-electron chi connectivity index (χ1n) is 12.5. The Morgan fingerprint density at radius 1 is 0.267 bits per heavy atom. The molecule has 10 heteroatoms. The molecule has 1 aliphatic rings. The van der Waals surface area contributed by atoms with Crippen LogP contribution < -0.4 is 0 Å². The lowest BCUT2D eigenvalue weighted by Gasteiger charge is -2.85. The average molecular weight is 582 g/mol. The molecule has 30 heavy (non-hydrogen) atoms. The Morgan fingerprint density at radius 3 is 0.500 bits per heavy atom. The van der Waals surface area contributed by atoms with Crippen LogP contribution in [-0.4, -0.2) is 71.1 Å². The molecular formula is C20H60Si10. The summed E-state index contributed by atoms with van der Waals surface area (Å²) >= 11 is 0. The van der Waals surface area contributed by atoms with Gasteiger partial charge >= 0.3 is 0 Å². The Labute approximate surface area is 200 Å². The SMILES string of the molecule is C[Si](C)(C)[Si]1([Si](C)(C)C)[Si](C)(C)[Si](C)(C)[Si](C)(C)[Si](C)(C)[Si]1([Si](C)(C)C)[Si](C)(C)C. The second kappa shape index (κ2) is 7.34. The monoisotopic (exact) mass is 580 g/mol. The summed E-state index contributed by atoms with van der Waals surface area (Å²) in [5, 5.41) is 0. The summed E-state index contributed by atoms with van der Waals surface area (Å²) in [6, 6.07) is 0. The quantitative estimate of drug-likeness (QED) is 0.297. The fourth-order valence-corrected chi connectivity index (χ4v) is 680. The van der Waals surface area contributed by atoms with Crippen LogP contribution in [0.5, 0.6) is 0 Å². The number of hydrogen-bond acceptors (Lipinski definition) is 0. The summed E-state index contributed by atoms with van der Waals surface area (Å²) < 4.78 is 0. The van der Waals surface area contributed by atoms with E-state index in [9.17, 15) is 0 Å². The van der Waals surface area contributed by atoms with Gasteiger partial charge in [0.25, 0.3) is 0 Å². The minimum absolute atomic E-state index is 1.23. The van der Waals surface area contributed by atoms with Crippen molar-refractivity contribution in [1.29, 1.82) is 0 Å². The zero-order valence-electron chi connectivity index (χ0n) is 25.0. The molecule has 0 radical (unpaired) electrons. The highest BCUT2D eigenvalue weighted by atomic mass is 30.6. The second-order valence-corrected chi connectivity index (χ2v) is 141. The molecule has 180 valence electrons. The lowest BCUT2D eigenvalue weighted by Crippen LogP contribution is -3.17. The molecule has 1 saturated heterocycles. The first-order valence-corrected chi connectivity index (χ1v) is 52.5. The van der Waals surface area contributed by atoms with E-state index in [0.29, 0.717) is 0 Å². The third-order valence-corrected chi connectivity index (χ3v) is 321. The van der Waals surface area contributed by atoms with Gasteiger partial charge in [0.2, 0.25) is 0 Å². The highest BCUT2D eigenvalue weighted by molar-refractivity contribution is 8.39. The van der Waals surface area contributed by atoms with Gasteiger partial charge in [-0.1, -0.05) is 131 Å². The molecule has 0 saturated carbocycles. The normalized spacial score (nSPS) is 27.6. The molecule has 1 heterocycles. The molecule has 0 bridgehead atoms. The highest BCUT2D eigenvalue weighted by Gasteiger charge is 2.89. The molecule has 0 aromatic rings. The van der Waals surface area contributed by atoms with Crippen molar-refractivity contribution in [2.24, 2.45) is 0 Å². The second-order valence-electron chi connectivity index (χ2n) is 17.0. The molecule has 0 atom stereocenters. The van der Waals surface area contributed by atoms with Gasteiger partial charge in [-0.3, -0.25) is 0 Å². The third kappa shape index (κ3) is 3.02. The van der Waals surface area contributed by atoms with Gasteiger partial charge in [-0.25, -0.2) is 0 Å². The molecule has 0 nitrogen and oxygen atoms in total. The van der Waals surface area contributed by atoms with E-state index in [-0.39, 0.29) is 0 Å². The Kier molecular flexibility index (Phi) is 7.39. The summed E-state index contributed by atoms with van der Waals surface area (Å²) in [5.74, 6) is 0. The van der Waals surface area contributed by atoms with Crippen molar-refractivity contribution >= 4 is 71.1 Å². The summed E-state index contributed by atoms with van der Waals surface area (Å²) in [6.07, 6.45) is -2.77. The van der Waals surface area contributed by atoms with Crippen molar-refractivity contribution in [2.45, 2.75) is 131 Å². The van der Waals surface area contributed by atoms with Crippen LogP contribution in [0.2, 0.25) is 131 Å². The zero-order valence-corrected chi connectivity index (χ0v) is 35.0. The molecular weight excluding hydrogens is 521 g/mol. The average Bonchev–Trinajstić information content (AvgIpc) is 2.35. The van der Waals surface area contributed by atoms with E-state index in [1.165, 1.54) is 0 Å². The Morgan fingerprint density at radius 2 is 0.400 bits per heavy atom. The molecule has 0 N–H and O–H groups in total. The topological polar surface area (TPSA) is 0 Å². The minimum Gasteiger partial charge on any atom is -0.0739 e. The Hall–Kier alpha value is 2.17. The van der Waals surface area contributed by atoms with E-state index in [1.807, 2.05) is 0 Å². The molecule has 1 fully saturated rings. The fourth-order valence-electron chi connectivity index (χ4n) is 11.7. The molecule has 0 aromatic heterocycles. The summed E-state index contributed by atoms with van der Waals surface area (Å²) in [4.78, 5) is 0. The van der Waals surface area contributed by atoms with E-state index >= 15 is 0 Å². The Bertz CT molecular complexity index is 590. The molecule has 1 rings (SSSR count). The van der Waals surface area contributed by atoms with Gasteiger partial charge < -0.3 is 0 Å². The van der Waals surface area contributed by atoms with E-state index in [0.717, 1.165) is 0 Å². The molecule has 1 aliphatic heterocycles. The van der Waals surface area contributed by atoms with Crippen molar-refractivity contribution in [3.05, 3.63) is 0 Å². The van der Waals surface area contributed by atoms with Gasteiger partial charge in [0.15, 0.2) is 0 Å². The molecule has 0 amide bonds. The van der Waals surface area contributed by atoms with Crippen LogP contribution in [0.1, 0.15) is 0 Å². The summed E-state index contributed by atoms with van der Waals surface area (Å²) in [5.41, 5.74) is 0. The van der Waals surface area contributed by atoms with Crippen LogP contribution in [0.25, 0.3) is 0 Å². The van der Waals surface area contributed by atoms with Crippen molar-refractivity contribution in [2.75, 3.05) is 0 Å². The minimum atomic E-state index is -1.39. The van der Waals surface area contributed by atoms with Gasteiger partial charge in [-0.2, -0.15) is 0 Å². The predicted octanol–water partition coefficient (Wildman–Crippen LogP) is 7.87. The maximum absolute atomic E-state index is 3.10. The van der Waals surface area contributed by atoms with Gasteiger partial charge in [0.1, 0.15) is 0 Å². The van der Waals surface area contributed by atoms with E-state index < -0.39 is 71.1 Å². The largest absolute Gasteiger partial charge is 0.0739 e. The van der Waals surface area contributed by atoms with Gasteiger partial charge in [0, 0.05) is 71.1 Å².